The molecule has 0 radical (unpaired) electrons. The number of aromatic amines is 1. The van der Waals surface area contributed by atoms with Crippen LogP contribution in [0.2, 0.25) is 0 Å². The van der Waals surface area contributed by atoms with E-state index < -0.39 is 0 Å². The summed E-state index contributed by atoms with van der Waals surface area (Å²) in [6, 6.07) is 11.9. The number of rotatable bonds is 4. The zero-order valence-corrected chi connectivity index (χ0v) is 16.6. The zero-order chi connectivity index (χ0) is 19.8. The maximum absolute atomic E-state index is 13.5. The van der Waals surface area contributed by atoms with Crippen molar-refractivity contribution in [2.24, 2.45) is 7.05 Å². The second-order valence-corrected chi connectivity index (χ2v) is 7.71. The molecule has 0 amide bonds. The summed E-state index contributed by atoms with van der Waals surface area (Å²) in [6.07, 6.45) is 0. The van der Waals surface area contributed by atoms with Gasteiger partial charge in [0.2, 0.25) is 0 Å². The molecule has 0 aliphatic rings. The molecule has 2 heterocycles. The third kappa shape index (κ3) is 3.33. The van der Waals surface area contributed by atoms with Gasteiger partial charge in [0, 0.05) is 35.5 Å². The summed E-state index contributed by atoms with van der Waals surface area (Å²) in [5.41, 5.74) is 4.40. The van der Waals surface area contributed by atoms with Gasteiger partial charge in [-0.25, -0.2) is 4.39 Å². The molecule has 0 saturated heterocycles. The van der Waals surface area contributed by atoms with Crippen molar-refractivity contribution in [3.05, 3.63) is 75.3 Å². The van der Waals surface area contributed by atoms with Gasteiger partial charge in [-0.1, -0.05) is 36.0 Å². The molecular formula is C21H19FN4OS. The second kappa shape index (κ2) is 7.24. The number of nitrogens with zero attached hydrogens (tertiary/aromatic N) is 3. The number of pyridine rings is 1. The number of fused-ring (bicyclic) bond motifs is 1. The number of H-pyrrole nitrogens is 1. The van der Waals surface area contributed by atoms with Crippen molar-refractivity contribution in [3.8, 4) is 11.4 Å². The molecule has 0 bridgehead atoms. The molecule has 5 nitrogen and oxygen atoms in total. The van der Waals surface area contributed by atoms with Crippen LogP contribution in [0.4, 0.5) is 4.39 Å². The fraction of sp³-hybridized carbons (Fsp3) is 0.190. The van der Waals surface area contributed by atoms with Gasteiger partial charge in [0.15, 0.2) is 16.4 Å². The first-order valence-corrected chi connectivity index (χ1v) is 9.83. The highest BCUT2D eigenvalue weighted by atomic mass is 32.2. The van der Waals surface area contributed by atoms with Crippen LogP contribution in [0.5, 0.6) is 0 Å². The highest BCUT2D eigenvalue weighted by molar-refractivity contribution is 7.98. The number of aromatic nitrogens is 4. The minimum absolute atomic E-state index is 0.0176. The largest absolute Gasteiger partial charge is 0.357 e. The van der Waals surface area contributed by atoms with Crippen molar-refractivity contribution in [2.45, 2.75) is 24.8 Å². The fourth-order valence-electron chi connectivity index (χ4n) is 3.26. The highest BCUT2D eigenvalue weighted by Gasteiger charge is 2.13. The Morgan fingerprint density at radius 2 is 1.89 bits per heavy atom. The van der Waals surface area contributed by atoms with Crippen LogP contribution in [-0.4, -0.2) is 19.7 Å². The molecule has 0 saturated carbocycles. The average Bonchev–Trinajstić information content (AvgIpc) is 3.03. The van der Waals surface area contributed by atoms with E-state index in [1.165, 1.54) is 23.9 Å². The van der Waals surface area contributed by atoms with Crippen LogP contribution in [-0.2, 0) is 12.8 Å². The Bertz CT molecular complexity index is 1250. The van der Waals surface area contributed by atoms with E-state index in [4.69, 9.17) is 0 Å². The first-order chi connectivity index (χ1) is 13.4. The maximum atomic E-state index is 13.5. The first-order valence-electron chi connectivity index (χ1n) is 8.84. The van der Waals surface area contributed by atoms with Crippen molar-refractivity contribution in [1.29, 1.82) is 0 Å². The quantitative estimate of drug-likeness (QED) is 0.522. The van der Waals surface area contributed by atoms with Crippen molar-refractivity contribution in [2.75, 3.05) is 0 Å². The van der Waals surface area contributed by atoms with E-state index in [-0.39, 0.29) is 11.2 Å². The monoisotopic (exact) mass is 394 g/mol. The molecule has 0 atom stereocenters. The predicted octanol–water partition coefficient (Wildman–Crippen LogP) is 4.37. The van der Waals surface area contributed by atoms with Crippen LogP contribution in [0.15, 0.2) is 52.4 Å². The lowest BCUT2D eigenvalue weighted by molar-refractivity contribution is 0.628. The lowest BCUT2D eigenvalue weighted by Gasteiger charge is -2.09. The standard InChI is InChI=1S/C21H19FN4OS/c1-12-7-8-13(2)19-18(12)17(27)10-16(23-19)11-28-21-25-24-20(26(21)3)14-5-4-6-15(22)9-14/h4-10H,11H2,1-3H3,(H,23,27). The number of benzene rings is 2. The summed E-state index contributed by atoms with van der Waals surface area (Å²) in [7, 11) is 1.85. The van der Waals surface area contributed by atoms with Crippen molar-refractivity contribution in [3.63, 3.8) is 0 Å². The highest BCUT2D eigenvalue weighted by Crippen LogP contribution is 2.26. The summed E-state index contributed by atoms with van der Waals surface area (Å²) in [5, 5.41) is 9.83. The molecule has 0 unspecified atom stereocenters. The van der Waals surface area contributed by atoms with Gasteiger partial charge in [-0.3, -0.25) is 4.79 Å². The summed E-state index contributed by atoms with van der Waals surface area (Å²) >= 11 is 1.47. The van der Waals surface area contributed by atoms with Gasteiger partial charge >= 0.3 is 0 Å². The van der Waals surface area contributed by atoms with Crippen LogP contribution in [0, 0.1) is 19.7 Å². The molecule has 1 N–H and O–H groups in total. The smallest absolute Gasteiger partial charge is 0.191 e. The van der Waals surface area contributed by atoms with Crippen LogP contribution >= 0.6 is 11.8 Å². The Hall–Kier alpha value is -2.93. The average molecular weight is 394 g/mol. The predicted molar refractivity (Wildman–Crippen MR) is 110 cm³/mol. The molecule has 4 aromatic rings. The molecule has 28 heavy (non-hydrogen) atoms. The molecule has 0 aliphatic carbocycles. The number of aryl methyl sites for hydroxylation is 2. The SMILES string of the molecule is Cc1ccc(C)c2c(=O)cc(CSc3nnc(-c4cccc(F)c4)n3C)[nH]c12. The Morgan fingerprint density at radius 3 is 2.68 bits per heavy atom. The Labute approximate surface area is 165 Å². The summed E-state index contributed by atoms with van der Waals surface area (Å²) < 4.78 is 15.3. The van der Waals surface area contributed by atoms with Gasteiger partial charge in [0.25, 0.3) is 0 Å². The summed E-state index contributed by atoms with van der Waals surface area (Å²) in [5.74, 6) is 0.836. The number of halogens is 1. The Morgan fingerprint density at radius 1 is 1.11 bits per heavy atom. The minimum Gasteiger partial charge on any atom is -0.357 e. The van der Waals surface area contributed by atoms with E-state index in [9.17, 15) is 9.18 Å². The van der Waals surface area contributed by atoms with Gasteiger partial charge in [-0.15, -0.1) is 10.2 Å². The van der Waals surface area contributed by atoms with Crippen LogP contribution in [0.1, 0.15) is 16.8 Å². The number of nitrogens with one attached hydrogen (secondary N) is 1. The lowest BCUT2D eigenvalue weighted by atomic mass is 10.0. The maximum Gasteiger partial charge on any atom is 0.191 e. The van der Waals surface area contributed by atoms with E-state index in [0.717, 1.165) is 27.7 Å². The summed E-state index contributed by atoms with van der Waals surface area (Å²) in [6.45, 7) is 3.93. The molecule has 4 rings (SSSR count). The van der Waals surface area contributed by atoms with Gasteiger partial charge in [-0.05, 0) is 37.1 Å². The molecule has 2 aromatic heterocycles. The van der Waals surface area contributed by atoms with Crippen molar-refractivity contribution >= 4 is 22.7 Å². The van der Waals surface area contributed by atoms with Crippen LogP contribution in [0.3, 0.4) is 0 Å². The van der Waals surface area contributed by atoms with E-state index in [2.05, 4.69) is 15.2 Å². The minimum atomic E-state index is -0.311. The van der Waals surface area contributed by atoms with Crippen LogP contribution < -0.4 is 5.43 Å². The van der Waals surface area contributed by atoms with Gasteiger partial charge in [0.1, 0.15) is 5.82 Å². The Kier molecular flexibility index (Phi) is 4.77. The normalized spacial score (nSPS) is 11.3. The third-order valence-electron chi connectivity index (χ3n) is 4.73. The molecule has 142 valence electrons. The lowest BCUT2D eigenvalue weighted by Crippen LogP contribution is -2.07. The van der Waals surface area contributed by atoms with E-state index in [1.54, 1.807) is 18.2 Å². The zero-order valence-electron chi connectivity index (χ0n) is 15.8. The van der Waals surface area contributed by atoms with E-state index >= 15 is 0 Å². The van der Waals surface area contributed by atoms with Crippen molar-refractivity contribution < 1.29 is 4.39 Å². The molecule has 0 spiro atoms. The van der Waals surface area contributed by atoms with Crippen LogP contribution in [0.25, 0.3) is 22.3 Å². The fourth-order valence-corrected chi connectivity index (χ4v) is 4.08. The molecule has 0 aliphatic heterocycles. The van der Waals surface area contributed by atoms with E-state index in [0.29, 0.717) is 22.3 Å². The van der Waals surface area contributed by atoms with Gasteiger partial charge in [0.05, 0.1) is 5.52 Å². The van der Waals surface area contributed by atoms with Gasteiger partial charge in [-0.2, -0.15) is 0 Å². The van der Waals surface area contributed by atoms with Gasteiger partial charge < -0.3 is 9.55 Å². The first kappa shape index (κ1) is 18.4. The third-order valence-corrected chi connectivity index (χ3v) is 5.80. The topological polar surface area (TPSA) is 63.6 Å². The van der Waals surface area contributed by atoms with E-state index in [1.807, 2.05) is 37.6 Å². The summed E-state index contributed by atoms with van der Waals surface area (Å²) in [4.78, 5) is 16.0. The number of hydrogen-bond donors (Lipinski definition) is 1. The number of thioether (sulfide) groups is 1. The molecule has 7 heteroatoms. The molecule has 0 fully saturated rings. The Balaban J connectivity index is 1.62. The number of hydrogen-bond acceptors (Lipinski definition) is 4. The second-order valence-electron chi connectivity index (χ2n) is 6.77. The molecular weight excluding hydrogens is 375 g/mol. The van der Waals surface area contributed by atoms with Crippen molar-refractivity contribution in [1.82, 2.24) is 19.7 Å². The molecule has 2 aromatic carbocycles.